The summed E-state index contributed by atoms with van der Waals surface area (Å²) in [5.74, 6) is 0.439. The number of carbonyl (C=O) groups excluding carboxylic acids is 2. The Morgan fingerprint density at radius 2 is 1.80 bits per heavy atom. The first kappa shape index (κ1) is 20.8. The van der Waals surface area contributed by atoms with Crippen LogP contribution in [0.25, 0.3) is 0 Å². The van der Waals surface area contributed by atoms with Gasteiger partial charge in [-0.2, -0.15) is 0 Å². The van der Waals surface area contributed by atoms with E-state index in [0.717, 1.165) is 19.3 Å². The van der Waals surface area contributed by atoms with Crippen LogP contribution in [0.1, 0.15) is 53.4 Å². The van der Waals surface area contributed by atoms with E-state index in [-0.39, 0.29) is 5.97 Å². The third-order valence-corrected chi connectivity index (χ3v) is 3.11. The Balaban J connectivity index is 2.37. The second-order valence-electron chi connectivity index (χ2n) is 6.59. The normalized spacial score (nSPS) is 10.9. The van der Waals surface area contributed by atoms with E-state index in [4.69, 9.17) is 14.2 Å². The first-order chi connectivity index (χ1) is 11.8. The van der Waals surface area contributed by atoms with Crippen molar-refractivity contribution in [1.29, 1.82) is 0 Å². The molecule has 140 valence electrons. The molecule has 1 aromatic rings. The summed E-state index contributed by atoms with van der Waals surface area (Å²) >= 11 is 0. The van der Waals surface area contributed by atoms with Gasteiger partial charge in [-0.25, -0.2) is 4.79 Å². The minimum Gasteiger partial charge on any atom is -0.491 e. The van der Waals surface area contributed by atoms with Crippen LogP contribution in [0.3, 0.4) is 0 Å². The number of para-hydroxylation sites is 2. The second-order valence-corrected chi connectivity index (χ2v) is 6.59. The van der Waals surface area contributed by atoms with Crippen LogP contribution in [0.4, 0.5) is 10.5 Å². The molecule has 25 heavy (non-hydrogen) atoms. The van der Waals surface area contributed by atoms with E-state index in [1.54, 1.807) is 19.1 Å². The van der Waals surface area contributed by atoms with Crippen molar-refractivity contribution >= 4 is 17.7 Å². The van der Waals surface area contributed by atoms with Crippen molar-refractivity contribution in [3.63, 3.8) is 0 Å². The summed E-state index contributed by atoms with van der Waals surface area (Å²) < 4.78 is 15.9. The lowest BCUT2D eigenvalue weighted by atomic mass is 10.2. The molecule has 1 rings (SSSR count). The molecular formula is C19H29NO5. The van der Waals surface area contributed by atoms with Gasteiger partial charge >= 0.3 is 12.1 Å². The number of anilines is 1. The molecule has 0 bridgehead atoms. The molecule has 0 heterocycles. The Bertz CT molecular complexity index is 551. The van der Waals surface area contributed by atoms with Gasteiger partial charge in [0.15, 0.2) is 0 Å². The largest absolute Gasteiger partial charge is 0.491 e. The fraction of sp³-hybridized carbons (Fsp3) is 0.579. The average Bonchev–Trinajstić information content (AvgIpc) is 2.50. The Labute approximate surface area is 149 Å². The van der Waals surface area contributed by atoms with Crippen LogP contribution in [0.15, 0.2) is 24.3 Å². The second kappa shape index (κ2) is 10.6. The van der Waals surface area contributed by atoms with Crippen molar-refractivity contribution < 1.29 is 23.8 Å². The molecule has 0 radical (unpaired) electrons. The van der Waals surface area contributed by atoms with Gasteiger partial charge in [-0.1, -0.05) is 12.1 Å². The number of unbranched alkanes of at least 4 members (excludes halogenated alkanes) is 2. The van der Waals surface area contributed by atoms with Crippen molar-refractivity contribution in [2.75, 3.05) is 18.5 Å². The molecule has 6 heteroatoms. The third-order valence-electron chi connectivity index (χ3n) is 3.11. The summed E-state index contributed by atoms with van der Waals surface area (Å²) in [5, 5.41) is 2.70. The van der Waals surface area contributed by atoms with Gasteiger partial charge in [0, 0.05) is 6.42 Å². The van der Waals surface area contributed by atoms with Crippen molar-refractivity contribution in [3.8, 4) is 5.75 Å². The predicted octanol–water partition coefficient (Wildman–Crippen LogP) is 4.54. The smallest absolute Gasteiger partial charge is 0.412 e. The van der Waals surface area contributed by atoms with E-state index in [1.807, 2.05) is 32.9 Å². The van der Waals surface area contributed by atoms with Gasteiger partial charge in [0.05, 0.1) is 18.9 Å². The van der Waals surface area contributed by atoms with Crippen LogP contribution in [0.2, 0.25) is 0 Å². The number of esters is 1. The summed E-state index contributed by atoms with van der Waals surface area (Å²) in [7, 11) is 0. The van der Waals surface area contributed by atoms with Gasteiger partial charge < -0.3 is 14.2 Å². The summed E-state index contributed by atoms with van der Waals surface area (Å²) in [6, 6.07) is 7.22. The van der Waals surface area contributed by atoms with E-state index in [2.05, 4.69) is 5.32 Å². The Hall–Kier alpha value is -2.24. The summed E-state index contributed by atoms with van der Waals surface area (Å²) in [5.41, 5.74) is 0.0157. The van der Waals surface area contributed by atoms with Crippen LogP contribution < -0.4 is 10.1 Å². The van der Waals surface area contributed by atoms with E-state index >= 15 is 0 Å². The minimum absolute atomic E-state index is 0.157. The fourth-order valence-corrected chi connectivity index (χ4v) is 2.07. The van der Waals surface area contributed by atoms with Gasteiger partial charge in [-0.3, -0.25) is 10.1 Å². The van der Waals surface area contributed by atoms with Crippen molar-refractivity contribution in [3.05, 3.63) is 24.3 Å². The van der Waals surface area contributed by atoms with Crippen molar-refractivity contribution in [2.24, 2.45) is 0 Å². The molecule has 0 fully saturated rings. The van der Waals surface area contributed by atoms with E-state index in [9.17, 15) is 9.59 Å². The molecule has 0 atom stereocenters. The molecule has 0 aromatic heterocycles. The number of ether oxygens (including phenoxy) is 3. The SMILES string of the molecule is CCOC(=O)CCCCCOc1ccccc1NC(=O)OC(C)(C)C. The molecule has 0 saturated heterocycles. The first-order valence-corrected chi connectivity index (χ1v) is 8.69. The molecule has 1 aromatic carbocycles. The molecule has 0 spiro atoms. The summed E-state index contributed by atoms with van der Waals surface area (Å²) in [6.45, 7) is 8.16. The number of benzene rings is 1. The molecular weight excluding hydrogens is 322 g/mol. The highest BCUT2D eigenvalue weighted by molar-refractivity contribution is 5.86. The maximum Gasteiger partial charge on any atom is 0.412 e. The van der Waals surface area contributed by atoms with Gasteiger partial charge in [-0.15, -0.1) is 0 Å². The standard InChI is InChI=1S/C19H29NO5/c1-5-23-17(21)13-7-6-10-14-24-16-12-9-8-11-15(16)20-18(22)25-19(2,3)4/h8-9,11-12H,5-7,10,13-14H2,1-4H3,(H,20,22). The highest BCUT2D eigenvalue weighted by atomic mass is 16.6. The molecule has 0 saturated carbocycles. The highest BCUT2D eigenvalue weighted by Gasteiger charge is 2.17. The van der Waals surface area contributed by atoms with E-state index < -0.39 is 11.7 Å². The number of hydrogen-bond acceptors (Lipinski definition) is 5. The summed E-state index contributed by atoms with van der Waals surface area (Å²) in [6.07, 6.45) is 2.39. The van der Waals surface area contributed by atoms with Crippen LogP contribution in [-0.4, -0.2) is 30.9 Å². The maximum atomic E-state index is 11.9. The zero-order valence-corrected chi connectivity index (χ0v) is 15.6. The molecule has 1 amide bonds. The summed E-state index contributed by atoms with van der Waals surface area (Å²) in [4.78, 5) is 23.1. The lowest BCUT2D eigenvalue weighted by Crippen LogP contribution is -2.27. The maximum absolute atomic E-state index is 11.9. The number of rotatable bonds is 9. The molecule has 0 aliphatic heterocycles. The van der Waals surface area contributed by atoms with Crippen LogP contribution in [0.5, 0.6) is 5.75 Å². The molecule has 1 N–H and O–H groups in total. The van der Waals surface area contributed by atoms with Crippen LogP contribution in [0, 0.1) is 0 Å². The van der Waals surface area contributed by atoms with Gasteiger partial charge in [0.1, 0.15) is 11.4 Å². The van der Waals surface area contributed by atoms with Crippen LogP contribution in [-0.2, 0) is 14.3 Å². The van der Waals surface area contributed by atoms with Crippen molar-refractivity contribution in [2.45, 2.75) is 59.0 Å². The highest BCUT2D eigenvalue weighted by Crippen LogP contribution is 2.24. The first-order valence-electron chi connectivity index (χ1n) is 8.69. The fourth-order valence-electron chi connectivity index (χ4n) is 2.07. The van der Waals surface area contributed by atoms with Crippen molar-refractivity contribution in [1.82, 2.24) is 0 Å². The minimum atomic E-state index is -0.557. The number of amides is 1. The lowest BCUT2D eigenvalue weighted by molar-refractivity contribution is -0.143. The zero-order chi connectivity index (χ0) is 18.7. The van der Waals surface area contributed by atoms with Gasteiger partial charge in [-0.05, 0) is 59.1 Å². The topological polar surface area (TPSA) is 73.9 Å². The number of nitrogens with one attached hydrogen (secondary N) is 1. The number of carbonyl (C=O) groups is 2. The third kappa shape index (κ3) is 9.59. The van der Waals surface area contributed by atoms with Gasteiger partial charge in [0.2, 0.25) is 0 Å². The Morgan fingerprint density at radius 1 is 1.08 bits per heavy atom. The average molecular weight is 351 g/mol. The van der Waals surface area contributed by atoms with Gasteiger partial charge in [0.25, 0.3) is 0 Å². The van der Waals surface area contributed by atoms with Crippen LogP contribution >= 0.6 is 0 Å². The monoisotopic (exact) mass is 351 g/mol. The Morgan fingerprint density at radius 3 is 2.48 bits per heavy atom. The van der Waals surface area contributed by atoms with E-state index in [0.29, 0.717) is 31.1 Å². The number of hydrogen-bond donors (Lipinski definition) is 1. The Kier molecular flexibility index (Phi) is 8.81. The zero-order valence-electron chi connectivity index (χ0n) is 15.6. The molecule has 0 unspecified atom stereocenters. The molecule has 6 nitrogen and oxygen atoms in total. The van der Waals surface area contributed by atoms with E-state index in [1.165, 1.54) is 0 Å². The predicted molar refractivity (Wildman–Crippen MR) is 96.9 cm³/mol. The molecule has 0 aliphatic carbocycles. The molecule has 0 aliphatic rings. The lowest BCUT2D eigenvalue weighted by Gasteiger charge is -2.20. The quantitative estimate of drug-likeness (QED) is 0.522.